The molecule has 0 amide bonds. The highest BCUT2D eigenvalue weighted by molar-refractivity contribution is 7.47. The Morgan fingerprint density at radius 2 is 1.30 bits per heavy atom. The molecule has 0 aromatic carbocycles. The number of aliphatic hydroxyl groups is 2. The molecule has 21 nitrogen and oxygen atoms in total. The van der Waals surface area contributed by atoms with Crippen LogP contribution in [0.4, 0.5) is 11.5 Å². The summed E-state index contributed by atoms with van der Waals surface area (Å²) in [5.41, 5.74) is 13.0. The van der Waals surface area contributed by atoms with E-state index < -0.39 is 77.9 Å². The summed E-state index contributed by atoms with van der Waals surface area (Å²) in [5.74, 6) is 0.0535. The van der Waals surface area contributed by atoms with Gasteiger partial charge in [0.15, 0.2) is 29.6 Å². The fraction of sp³-hybridized carbons (Fsp3) is 0.476. The summed E-state index contributed by atoms with van der Waals surface area (Å²) >= 11 is 0. The third-order valence-electron chi connectivity index (χ3n) is 7.36. The number of aliphatic hydroxyl groups excluding tert-OH is 2. The lowest BCUT2D eigenvalue weighted by Crippen LogP contribution is -2.39. The summed E-state index contributed by atoms with van der Waals surface area (Å²) in [6.07, 6.45) is -6.90. The predicted octanol–water partition coefficient (Wildman–Crippen LogP) is -1.03. The summed E-state index contributed by atoms with van der Waals surface area (Å²) in [4.78, 5) is 41.6. The fourth-order valence-corrected chi connectivity index (χ4v) is 7.26. The highest BCUT2D eigenvalue weighted by atomic mass is 31.2. The zero-order valence-electron chi connectivity index (χ0n) is 22.2. The van der Waals surface area contributed by atoms with Gasteiger partial charge in [-0.3, -0.25) is 27.2 Å². The Morgan fingerprint density at radius 3 is 1.86 bits per heavy atom. The molecule has 4 unspecified atom stereocenters. The monoisotopic (exact) mass is 657 g/mol. The minimum Gasteiger partial charge on any atom is -0.397 e. The van der Waals surface area contributed by atoms with E-state index in [4.69, 9.17) is 39.0 Å². The van der Waals surface area contributed by atoms with Crippen LogP contribution in [0.3, 0.4) is 0 Å². The average molecular weight is 657 g/mol. The number of nitrogen functional groups attached to an aromatic ring is 2. The smallest absolute Gasteiger partial charge is 0.397 e. The SMILES string of the molecule is Nc1ccnc2c1ncn2[C@@H]1O[C@@H]2COP(=O)(O)OC3[C@@H](COP(=O)(O)OC2[C@@H]1O)O[C@@H](n1cnc2c(N)ncnc21)[C@H]3O. The molecule has 7 heterocycles. The number of phosphoric ester groups is 2. The predicted molar refractivity (Wildman–Crippen MR) is 143 cm³/mol. The van der Waals surface area contributed by atoms with Crippen molar-refractivity contribution >= 4 is 49.5 Å². The lowest BCUT2D eigenvalue weighted by Gasteiger charge is -2.27. The second-order valence-electron chi connectivity index (χ2n) is 10.1. The molecule has 0 aliphatic carbocycles. The Morgan fingerprint density at radius 1 is 0.773 bits per heavy atom. The molecule has 44 heavy (non-hydrogen) atoms. The van der Waals surface area contributed by atoms with Crippen molar-refractivity contribution in [2.45, 2.75) is 49.1 Å². The normalized spacial score (nSPS) is 38.3. The standard InChI is InChI=1S/C21H25N9O12P2/c22-8-1-2-24-18-11(8)27-6-29(18)20-13(31)15-9(39-20)3-37-44(35,36)42-16-10(4-38-43(33,34)41-15)40-21(14(16)32)30-7-28-12-17(23)25-5-26-19(12)30/h1-2,5-7,9-10,13-16,20-21,31-32H,3-4H2,(H2,22,24)(H,33,34)(H,35,36)(H2,23,25,26)/t9-,10-,13+,14+,15?,16?,20-,21-/m1/s1. The molecule has 10 atom stereocenters. The van der Waals surface area contributed by atoms with Crippen LogP contribution in [0.25, 0.3) is 22.3 Å². The van der Waals surface area contributed by atoms with E-state index in [1.165, 1.54) is 34.1 Å². The van der Waals surface area contributed by atoms with Gasteiger partial charge in [0.05, 0.1) is 31.6 Å². The van der Waals surface area contributed by atoms with Crippen LogP contribution >= 0.6 is 15.6 Å². The Kier molecular flexibility index (Phi) is 7.20. The van der Waals surface area contributed by atoms with Crippen molar-refractivity contribution in [3.63, 3.8) is 0 Å². The minimum absolute atomic E-state index is 0.0535. The number of ether oxygens (including phenoxy) is 2. The molecular formula is C21H25N9O12P2. The minimum atomic E-state index is -4.99. The van der Waals surface area contributed by atoms with Crippen molar-refractivity contribution in [3.8, 4) is 0 Å². The summed E-state index contributed by atoms with van der Waals surface area (Å²) in [6, 6.07) is 1.52. The number of phosphoric acid groups is 2. The van der Waals surface area contributed by atoms with Crippen LogP contribution in [0.2, 0.25) is 0 Å². The number of pyridine rings is 1. The highest BCUT2D eigenvalue weighted by Crippen LogP contribution is 2.53. The fourth-order valence-electron chi connectivity index (χ4n) is 5.33. The van der Waals surface area contributed by atoms with E-state index in [1.807, 2.05) is 0 Å². The largest absolute Gasteiger partial charge is 0.472 e. The Bertz CT molecular complexity index is 1690. The van der Waals surface area contributed by atoms with Crippen molar-refractivity contribution in [1.82, 2.24) is 34.1 Å². The highest BCUT2D eigenvalue weighted by Gasteiger charge is 2.54. The molecule has 0 bridgehead atoms. The number of nitrogens with two attached hydrogens (primary N) is 2. The Balaban J connectivity index is 1.17. The number of nitrogens with zero attached hydrogens (tertiary/aromatic N) is 7. The van der Waals surface area contributed by atoms with Crippen LogP contribution in [0.1, 0.15) is 12.5 Å². The Labute approximate surface area is 245 Å². The van der Waals surface area contributed by atoms with Gasteiger partial charge in [-0.15, -0.1) is 0 Å². The lowest BCUT2D eigenvalue weighted by molar-refractivity contribution is -0.0664. The second kappa shape index (κ2) is 10.7. The van der Waals surface area contributed by atoms with Gasteiger partial charge >= 0.3 is 15.6 Å². The maximum Gasteiger partial charge on any atom is 0.472 e. The first-order chi connectivity index (χ1) is 20.9. The first-order valence-electron chi connectivity index (χ1n) is 12.9. The van der Waals surface area contributed by atoms with E-state index in [0.717, 1.165) is 6.33 Å². The molecule has 8 N–H and O–H groups in total. The number of hydrogen-bond donors (Lipinski definition) is 6. The zero-order valence-corrected chi connectivity index (χ0v) is 23.9. The third kappa shape index (κ3) is 5.06. The molecule has 3 aliphatic rings. The Hall–Kier alpha value is -3.17. The van der Waals surface area contributed by atoms with Gasteiger partial charge in [-0.05, 0) is 6.07 Å². The lowest BCUT2D eigenvalue weighted by atomic mass is 10.1. The third-order valence-corrected chi connectivity index (χ3v) is 9.33. The molecule has 3 saturated heterocycles. The molecule has 0 saturated carbocycles. The quantitative estimate of drug-likeness (QED) is 0.140. The van der Waals surface area contributed by atoms with Crippen molar-refractivity contribution in [2.24, 2.45) is 0 Å². The van der Waals surface area contributed by atoms with Gasteiger partial charge in [0.2, 0.25) is 0 Å². The number of fused-ring (bicyclic) bond motifs is 4. The van der Waals surface area contributed by atoms with Crippen molar-refractivity contribution in [3.05, 3.63) is 31.2 Å². The van der Waals surface area contributed by atoms with Crippen molar-refractivity contribution < 1.29 is 56.7 Å². The van der Waals surface area contributed by atoms with Crippen molar-refractivity contribution in [1.29, 1.82) is 0 Å². The van der Waals surface area contributed by atoms with E-state index in [-0.39, 0.29) is 22.6 Å². The van der Waals surface area contributed by atoms with Gasteiger partial charge in [0, 0.05) is 6.20 Å². The molecule has 3 fully saturated rings. The van der Waals surface area contributed by atoms with Crippen molar-refractivity contribution in [2.75, 3.05) is 24.7 Å². The molecule has 4 aromatic rings. The van der Waals surface area contributed by atoms with Crippen LogP contribution in [-0.2, 0) is 36.7 Å². The van der Waals surface area contributed by atoms with Gasteiger partial charge in [-0.25, -0.2) is 34.0 Å². The number of hydrogen-bond acceptors (Lipinski definition) is 17. The molecule has 3 aliphatic heterocycles. The molecule has 4 aromatic heterocycles. The van der Waals surface area contributed by atoms with E-state index in [1.54, 1.807) is 0 Å². The van der Waals surface area contributed by atoms with Gasteiger partial charge in [-0.2, -0.15) is 0 Å². The number of anilines is 2. The first kappa shape index (κ1) is 29.5. The van der Waals surface area contributed by atoms with E-state index in [2.05, 4.69) is 24.9 Å². The zero-order chi connectivity index (χ0) is 31.0. The number of aromatic nitrogens is 7. The topological polar surface area (TPSA) is 297 Å². The van der Waals surface area contributed by atoms with Gasteiger partial charge in [0.25, 0.3) is 0 Å². The van der Waals surface area contributed by atoms with E-state index in [9.17, 15) is 29.1 Å². The van der Waals surface area contributed by atoms with E-state index in [0.29, 0.717) is 11.2 Å². The number of rotatable bonds is 2. The maximum atomic E-state index is 13.1. The van der Waals surface area contributed by atoms with Crippen LogP contribution in [0.15, 0.2) is 31.2 Å². The summed E-state index contributed by atoms with van der Waals surface area (Å²) in [5, 5.41) is 22.3. The van der Waals surface area contributed by atoms with Crippen LogP contribution < -0.4 is 11.5 Å². The maximum absolute atomic E-state index is 13.1. The number of imidazole rings is 2. The average Bonchev–Trinajstić information content (AvgIpc) is 3.73. The van der Waals surface area contributed by atoms with E-state index >= 15 is 0 Å². The first-order valence-corrected chi connectivity index (χ1v) is 15.9. The van der Waals surface area contributed by atoms with Crippen LogP contribution in [-0.4, -0.2) is 104 Å². The van der Waals surface area contributed by atoms with Gasteiger partial charge in [-0.1, -0.05) is 0 Å². The summed E-state index contributed by atoms with van der Waals surface area (Å²) in [6.45, 7) is -1.54. The molecule has 236 valence electrons. The summed E-state index contributed by atoms with van der Waals surface area (Å²) < 4.78 is 61.3. The summed E-state index contributed by atoms with van der Waals surface area (Å²) in [7, 11) is -9.99. The molecular weight excluding hydrogens is 632 g/mol. The molecule has 7 rings (SSSR count). The van der Waals surface area contributed by atoms with Crippen LogP contribution in [0.5, 0.6) is 0 Å². The molecule has 23 heteroatoms. The van der Waals surface area contributed by atoms with Gasteiger partial charge in [0.1, 0.15) is 54.0 Å². The molecule has 0 spiro atoms. The molecule has 0 radical (unpaired) electrons. The second-order valence-corrected chi connectivity index (χ2v) is 12.9. The van der Waals surface area contributed by atoms with Gasteiger partial charge < -0.3 is 40.9 Å². The van der Waals surface area contributed by atoms with Crippen LogP contribution in [0, 0.1) is 0 Å².